The number of hydrogen-bond acceptors (Lipinski definition) is 5. The highest BCUT2D eigenvalue weighted by Gasteiger charge is 2.47. The average Bonchev–Trinajstić information content (AvgIpc) is 3.59. The molecule has 7 heteroatoms. The van der Waals surface area contributed by atoms with Gasteiger partial charge < -0.3 is 15.5 Å². The van der Waals surface area contributed by atoms with Crippen LogP contribution in [0.1, 0.15) is 54.2 Å². The van der Waals surface area contributed by atoms with Crippen molar-refractivity contribution in [3.63, 3.8) is 0 Å². The van der Waals surface area contributed by atoms with Crippen LogP contribution in [-0.2, 0) is 4.79 Å². The number of fused-ring (bicyclic) bond motifs is 1. The predicted octanol–water partition coefficient (Wildman–Crippen LogP) is 3.25. The molecule has 2 N–H and O–H groups in total. The van der Waals surface area contributed by atoms with Crippen LogP contribution in [0.15, 0.2) is 36.5 Å². The zero-order chi connectivity index (χ0) is 21.4. The predicted molar refractivity (Wildman–Crippen MR) is 114 cm³/mol. The second-order valence-electron chi connectivity index (χ2n) is 8.09. The average molecular weight is 403 g/mol. The number of carbonyl (C=O) groups is 2. The Balaban J connectivity index is 1.80. The molecule has 0 radical (unpaired) electrons. The lowest BCUT2D eigenvalue weighted by atomic mass is 9.79. The molecule has 1 fully saturated rings. The Labute approximate surface area is 176 Å². The van der Waals surface area contributed by atoms with Crippen molar-refractivity contribution in [2.45, 2.75) is 38.8 Å². The summed E-state index contributed by atoms with van der Waals surface area (Å²) in [7, 11) is 1.60. The SMILES string of the molecule is CNC(=O)c1ccc2c(c1)C(Nc1ccc(C#N)cn1)C(C)[C@H](C1CC1)N2C(C)=O. The third kappa shape index (κ3) is 3.50. The lowest BCUT2D eigenvalue weighted by Crippen LogP contribution is -2.51. The molecule has 2 amide bonds. The lowest BCUT2D eigenvalue weighted by molar-refractivity contribution is -0.117. The number of hydrogen-bond donors (Lipinski definition) is 2. The van der Waals surface area contributed by atoms with Gasteiger partial charge in [0.1, 0.15) is 11.9 Å². The van der Waals surface area contributed by atoms with E-state index in [9.17, 15) is 9.59 Å². The molecule has 2 unspecified atom stereocenters. The van der Waals surface area contributed by atoms with Crippen LogP contribution in [0, 0.1) is 23.2 Å². The highest BCUT2D eigenvalue weighted by atomic mass is 16.2. The van der Waals surface area contributed by atoms with Crippen LogP contribution in [-0.4, -0.2) is 29.9 Å². The lowest BCUT2D eigenvalue weighted by Gasteiger charge is -2.46. The van der Waals surface area contributed by atoms with E-state index in [1.165, 1.54) is 6.20 Å². The first-order valence-corrected chi connectivity index (χ1v) is 10.2. The Kier molecular flexibility index (Phi) is 5.17. The van der Waals surface area contributed by atoms with Gasteiger partial charge in [0, 0.05) is 43.4 Å². The molecular weight excluding hydrogens is 378 g/mol. The maximum Gasteiger partial charge on any atom is 0.251 e. The van der Waals surface area contributed by atoms with Crippen molar-refractivity contribution < 1.29 is 9.59 Å². The Hall–Kier alpha value is -3.40. The highest BCUT2D eigenvalue weighted by molar-refractivity contribution is 5.98. The van der Waals surface area contributed by atoms with Gasteiger partial charge in [0.15, 0.2) is 0 Å². The third-order valence-corrected chi connectivity index (χ3v) is 6.11. The topological polar surface area (TPSA) is 98.1 Å². The van der Waals surface area contributed by atoms with Crippen molar-refractivity contribution >= 4 is 23.3 Å². The number of rotatable bonds is 4. The van der Waals surface area contributed by atoms with Gasteiger partial charge in [0.05, 0.1) is 11.6 Å². The fourth-order valence-corrected chi connectivity index (χ4v) is 4.56. The van der Waals surface area contributed by atoms with Gasteiger partial charge in [-0.2, -0.15) is 5.26 Å². The number of anilines is 2. The Morgan fingerprint density at radius 1 is 1.23 bits per heavy atom. The molecular formula is C23H25N5O2. The van der Waals surface area contributed by atoms with E-state index in [0.717, 1.165) is 24.1 Å². The molecule has 0 bridgehead atoms. The molecule has 0 saturated heterocycles. The minimum Gasteiger partial charge on any atom is -0.363 e. The first kappa shape index (κ1) is 19.9. The summed E-state index contributed by atoms with van der Waals surface area (Å²) in [5.41, 5.74) is 2.80. The zero-order valence-corrected chi connectivity index (χ0v) is 17.3. The molecule has 4 rings (SSSR count). The number of nitrogens with one attached hydrogen (secondary N) is 2. The normalized spacial score (nSPS) is 22.6. The number of nitrogens with zero attached hydrogens (tertiary/aromatic N) is 3. The van der Waals surface area contributed by atoms with Crippen LogP contribution < -0.4 is 15.5 Å². The minimum atomic E-state index is -0.167. The van der Waals surface area contributed by atoms with E-state index in [4.69, 9.17) is 5.26 Å². The maximum absolute atomic E-state index is 12.6. The second kappa shape index (κ2) is 7.79. The van der Waals surface area contributed by atoms with Crippen molar-refractivity contribution in [2.24, 2.45) is 11.8 Å². The monoisotopic (exact) mass is 403 g/mol. The Morgan fingerprint density at radius 2 is 2.00 bits per heavy atom. The first-order chi connectivity index (χ1) is 14.4. The molecule has 7 nitrogen and oxygen atoms in total. The fraction of sp³-hybridized carbons (Fsp3) is 0.391. The summed E-state index contributed by atoms with van der Waals surface area (Å²) in [5, 5.41) is 15.2. The number of carbonyl (C=O) groups excluding carboxylic acids is 2. The van der Waals surface area contributed by atoms with Crippen molar-refractivity contribution in [3.8, 4) is 6.07 Å². The van der Waals surface area contributed by atoms with E-state index in [2.05, 4.69) is 28.6 Å². The zero-order valence-electron chi connectivity index (χ0n) is 17.3. The van der Waals surface area contributed by atoms with E-state index < -0.39 is 0 Å². The smallest absolute Gasteiger partial charge is 0.251 e. The number of pyridine rings is 1. The van der Waals surface area contributed by atoms with Gasteiger partial charge in [0.25, 0.3) is 5.91 Å². The van der Waals surface area contributed by atoms with E-state index in [0.29, 0.717) is 22.9 Å². The van der Waals surface area contributed by atoms with Crippen LogP contribution in [0.2, 0.25) is 0 Å². The van der Waals surface area contributed by atoms with Crippen LogP contribution in [0.4, 0.5) is 11.5 Å². The Morgan fingerprint density at radius 3 is 2.57 bits per heavy atom. The minimum absolute atomic E-state index is 0.0163. The molecule has 1 aliphatic heterocycles. The molecule has 0 spiro atoms. The van der Waals surface area contributed by atoms with Crippen LogP contribution in [0.3, 0.4) is 0 Å². The molecule has 30 heavy (non-hydrogen) atoms. The van der Waals surface area contributed by atoms with E-state index in [1.807, 2.05) is 17.0 Å². The molecule has 1 saturated carbocycles. The van der Waals surface area contributed by atoms with Crippen LogP contribution >= 0.6 is 0 Å². The summed E-state index contributed by atoms with van der Waals surface area (Å²) in [5.74, 6) is 1.11. The quantitative estimate of drug-likeness (QED) is 0.817. The number of nitriles is 1. The Bertz CT molecular complexity index is 1020. The van der Waals surface area contributed by atoms with Gasteiger partial charge in [-0.25, -0.2) is 4.98 Å². The van der Waals surface area contributed by atoms with E-state index >= 15 is 0 Å². The summed E-state index contributed by atoms with van der Waals surface area (Å²) in [4.78, 5) is 31.2. The van der Waals surface area contributed by atoms with Crippen molar-refractivity contribution in [3.05, 3.63) is 53.2 Å². The first-order valence-electron chi connectivity index (χ1n) is 10.2. The molecule has 2 heterocycles. The largest absolute Gasteiger partial charge is 0.363 e. The van der Waals surface area contributed by atoms with Crippen molar-refractivity contribution in [2.75, 3.05) is 17.3 Å². The molecule has 2 aromatic rings. The van der Waals surface area contributed by atoms with Crippen LogP contribution in [0.5, 0.6) is 0 Å². The van der Waals surface area contributed by atoms with Gasteiger partial charge in [-0.1, -0.05) is 6.92 Å². The summed E-state index contributed by atoms with van der Waals surface area (Å²) < 4.78 is 0. The van der Waals surface area contributed by atoms with Gasteiger partial charge >= 0.3 is 0 Å². The second-order valence-corrected chi connectivity index (χ2v) is 8.09. The number of amides is 2. The molecule has 1 aromatic heterocycles. The standard InChI is InChI=1S/C23H25N5O2/c1-13-21(27-20-9-4-15(11-24)12-26-20)18-10-17(23(30)25-3)7-8-19(18)28(14(2)29)22(13)16-5-6-16/h4,7-10,12-13,16,21-22H,5-6H2,1-3H3,(H,25,30)(H,26,27)/t13?,21?,22-/m1/s1. The summed E-state index contributed by atoms with van der Waals surface area (Å²) in [6.07, 6.45) is 3.77. The fourth-order valence-electron chi connectivity index (χ4n) is 4.56. The molecule has 154 valence electrons. The van der Waals surface area contributed by atoms with Crippen molar-refractivity contribution in [1.29, 1.82) is 5.26 Å². The van der Waals surface area contributed by atoms with Gasteiger partial charge in [0.2, 0.25) is 5.91 Å². The molecule has 3 atom stereocenters. The van der Waals surface area contributed by atoms with Crippen LogP contribution in [0.25, 0.3) is 0 Å². The van der Waals surface area contributed by atoms with Gasteiger partial charge in [-0.3, -0.25) is 9.59 Å². The third-order valence-electron chi connectivity index (χ3n) is 6.11. The molecule has 1 aromatic carbocycles. The van der Waals surface area contributed by atoms with E-state index in [-0.39, 0.29) is 29.8 Å². The number of aromatic nitrogens is 1. The molecule has 1 aliphatic carbocycles. The number of benzene rings is 1. The van der Waals surface area contributed by atoms with E-state index in [1.54, 1.807) is 32.2 Å². The summed E-state index contributed by atoms with van der Waals surface area (Å²) >= 11 is 0. The molecule has 2 aliphatic rings. The van der Waals surface area contributed by atoms with Gasteiger partial charge in [-0.05, 0) is 54.7 Å². The summed E-state index contributed by atoms with van der Waals surface area (Å²) in [6.45, 7) is 3.75. The highest BCUT2D eigenvalue weighted by Crippen LogP contribution is 2.50. The maximum atomic E-state index is 12.6. The summed E-state index contributed by atoms with van der Waals surface area (Å²) in [6, 6.07) is 11.1. The van der Waals surface area contributed by atoms with Gasteiger partial charge in [-0.15, -0.1) is 0 Å². The van der Waals surface area contributed by atoms with Crippen molar-refractivity contribution in [1.82, 2.24) is 10.3 Å².